The van der Waals surface area contributed by atoms with Gasteiger partial charge < -0.3 is 5.32 Å². The Morgan fingerprint density at radius 2 is 1.86 bits per heavy atom. The summed E-state index contributed by atoms with van der Waals surface area (Å²) in [6.07, 6.45) is 0. The summed E-state index contributed by atoms with van der Waals surface area (Å²) in [5.74, 6) is 0. The van der Waals surface area contributed by atoms with Crippen molar-refractivity contribution in [3.8, 4) is 0 Å². The van der Waals surface area contributed by atoms with E-state index >= 15 is 0 Å². The highest BCUT2D eigenvalue weighted by atomic mass is 31.0. The summed E-state index contributed by atoms with van der Waals surface area (Å²) in [7, 11) is 4.73. The molecule has 0 fully saturated rings. The molecule has 44 valence electrons. The fourth-order valence-corrected chi connectivity index (χ4v) is 0.455. The van der Waals surface area contributed by atoms with E-state index in [9.17, 15) is 0 Å². The molecule has 0 aromatic heterocycles. The smallest absolute Gasteiger partial charge is 0.00958 e. The highest BCUT2D eigenvalue weighted by Crippen LogP contribution is 2.01. The third-order valence-corrected chi connectivity index (χ3v) is 1.82. The lowest BCUT2D eigenvalue weighted by atomic mass is 10.3. The topological polar surface area (TPSA) is 12.0 Å². The van der Waals surface area contributed by atoms with Crippen molar-refractivity contribution in [2.24, 2.45) is 0 Å². The molecule has 0 spiro atoms. The van der Waals surface area contributed by atoms with Crippen LogP contribution in [0.3, 0.4) is 0 Å². The van der Waals surface area contributed by atoms with E-state index in [0.29, 0.717) is 11.7 Å². The lowest BCUT2D eigenvalue weighted by Crippen LogP contribution is -2.28. The van der Waals surface area contributed by atoms with E-state index in [1.807, 2.05) is 7.05 Å². The van der Waals surface area contributed by atoms with Crippen LogP contribution < -0.4 is 5.32 Å². The van der Waals surface area contributed by atoms with Gasteiger partial charge in [0.1, 0.15) is 0 Å². The van der Waals surface area contributed by atoms with Crippen molar-refractivity contribution in [2.75, 3.05) is 7.05 Å². The Kier molecular flexibility index (Phi) is 3.59. The van der Waals surface area contributed by atoms with Crippen LogP contribution in [0.25, 0.3) is 0 Å². The average Bonchev–Trinajstić information content (AvgIpc) is 1.65. The molecule has 0 saturated heterocycles. The maximum absolute atomic E-state index is 3.14. The molecule has 3 atom stereocenters. The van der Waals surface area contributed by atoms with Crippen molar-refractivity contribution in [1.82, 2.24) is 5.32 Å². The van der Waals surface area contributed by atoms with Crippen LogP contribution in [0.4, 0.5) is 0 Å². The van der Waals surface area contributed by atoms with Crippen molar-refractivity contribution >= 4 is 9.24 Å². The summed E-state index contributed by atoms with van der Waals surface area (Å²) in [5, 5.41) is 3.14. The van der Waals surface area contributed by atoms with E-state index in [2.05, 4.69) is 28.4 Å². The summed E-state index contributed by atoms with van der Waals surface area (Å²) >= 11 is 0. The van der Waals surface area contributed by atoms with Crippen LogP contribution in [0.5, 0.6) is 0 Å². The predicted molar refractivity (Wildman–Crippen MR) is 37.7 cm³/mol. The Labute approximate surface area is 48.1 Å². The summed E-state index contributed by atoms with van der Waals surface area (Å²) in [6, 6.07) is 0.616. The Balaban J connectivity index is 3.14. The average molecular weight is 119 g/mol. The van der Waals surface area contributed by atoms with Crippen LogP contribution in [0, 0.1) is 0 Å². The molecule has 0 radical (unpaired) electrons. The maximum atomic E-state index is 3.14. The Bertz CT molecular complexity index is 45.3. The SMILES string of the molecule is CNC(C)C(C)P. The summed E-state index contributed by atoms with van der Waals surface area (Å²) in [4.78, 5) is 0. The first-order valence-corrected chi connectivity index (χ1v) is 3.28. The van der Waals surface area contributed by atoms with Crippen LogP contribution in [0.15, 0.2) is 0 Å². The third-order valence-electron chi connectivity index (χ3n) is 1.24. The second-order valence-corrected chi connectivity index (χ2v) is 2.99. The lowest BCUT2D eigenvalue weighted by Gasteiger charge is -2.12. The van der Waals surface area contributed by atoms with E-state index in [0.717, 1.165) is 0 Å². The van der Waals surface area contributed by atoms with Gasteiger partial charge in [-0.2, -0.15) is 0 Å². The van der Waals surface area contributed by atoms with Crippen LogP contribution in [0.2, 0.25) is 0 Å². The molecule has 0 aliphatic heterocycles. The van der Waals surface area contributed by atoms with Gasteiger partial charge in [-0.05, 0) is 19.6 Å². The molecule has 0 aliphatic rings. The van der Waals surface area contributed by atoms with Crippen LogP contribution in [-0.4, -0.2) is 18.7 Å². The zero-order chi connectivity index (χ0) is 5.86. The Morgan fingerprint density at radius 3 is 1.86 bits per heavy atom. The van der Waals surface area contributed by atoms with Gasteiger partial charge in [0.2, 0.25) is 0 Å². The van der Waals surface area contributed by atoms with Gasteiger partial charge in [0, 0.05) is 6.04 Å². The molecule has 2 heteroatoms. The molecule has 0 rings (SSSR count). The van der Waals surface area contributed by atoms with Crippen LogP contribution in [0.1, 0.15) is 13.8 Å². The molecule has 0 saturated carbocycles. The number of hydrogen-bond acceptors (Lipinski definition) is 1. The largest absolute Gasteiger partial charge is 0.317 e. The minimum atomic E-state index is 0.616. The molecule has 0 aliphatic carbocycles. The molecule has 0 bridgehead atoms. The number of nitrogens with one attached hydrogen (secondary N) is 1. The van der Waals surface area contributed by atoms with Gasteiger partial charge in [-0.1, -0.05) is 6.92 Å². The molecule has 0 aromatic rings. The van der Waals surface area contributed by atoms with E-state index in [1.54, 1.807) is 0 Å². The van der Waals surface area contributed by atoms with Gasteiger partial charge >= 0.3 is 0 Å². The summed E-state index contributed by atoms with van der Waals surface area (Å²) in [6.45, 7) is 4.34. The van der Waals surface area contributed by atoms with Crippen molar-refractivity contribution in [3.05, 3.63) is 0 Å². The van der Waals surface area contributed by atoms with Gasteiger partial charge in [0.05, 0.1) is 0 Å². The minimum Gasteiger partial charge on any atom is -0.317 e. The van der Waals surface area contributed by atoms with Crippen LogP contribution >= 0.6 is 9.24 Å². The highest BCUT2D eigenvalue weighted by molar-refractivity contribution is 7.17. The van der Waals surface area contributed by atoms with Gasteiger partial charge in [0.25, 0.3) is 0 Å². The molecule has 1 N–H and O–H groups in total. The van der Waals surface area contributed by atoms with Gasteiger partial charge in [-0.25, -0.2) is 0 Å². The number of hydrogen-bond donors (Lipinski definition) is 1. The first kappa shape index (κ1) is 7.39. The number of rotatable bonds is 2. The molecular formula is C5H14NP. The van der Waals surface area contributed by atoms with Crippen molar-refractivity contribution in [1.29, 1.82) is 0 Å². The quantitative estimate of drug-likeness (QED) is 0.531. The van der Waals surface area contributed by atoms with E-state index in [-0.39, 0.29) is 0 Å². The van der Waals surface area contributed by atoms with Gasteiger partial charge in [0.15, 0.2) is 0 Å². The standard InChI is InChI=1S/C5H14NP/c1-4(6-3)5(2)7/h4-6H,7H2,1-3H3. The van der Waals surface area contributed by atoms with Gasteiger partial charge in [-0.15, -0.1) is 9.24 Å². The monoisotopic (exact) mass is 119 g/mol. The fraction of sp³-hybridized carbons (Fsp3) is 1.00. The summed E-state index contributed by atoms with van der Waals surface area (Å²) < 4.78 is 0. The van der Waals surface area contributed by atoms with Crippen molar-refractivity contribution in [2.45, 2.75) is 25.5 Å². The van der Waals surface area contributed by atoms with E-state index in [4.69, 9.17) is 0 Å². The predicted octanol–water partition coefficient (Wildman–Crippen LogP) is 0.858. The highest BCUT2D eigenvalue weighted by Gasteiger charge is 2.00. The van der Waals surface area contributed by atoms with Crippen LogP contribution in [-0.2, 0) is 0 Å². The van der Waals surface area contributed by atoms with Crippen molar-refractivity contribution < 1.29 is 0 Å². The second kappa shape index (κ2) is 3.40. The van der Waals surface area contributed by atoms with Crippen molar-refractivity contribution in [3.63, 3.8) is 0 Å². The Hall–Kier alpha value is 0.390. The zero-order valence-corrected chi connectivity index (χ0v) is 6.39. The minimum absolute atomic E-state index is 0.616. The zero-order valence-electron chi connectivity index (χ0n) is 5.23. The lowest BCUT2D eigenvalue weighted by molar-refractivity contribution is 0.605. The third kappa shape index (κ3) is 3.02. The van der Waals surface area contributed by atoms with E-state index < -0.39 is 0 Å². The maximum Gasteiger partial charge on any atom is 0.00958 e. The fourth-order valence-electron chi connectivity index (χ4n) is 0.263. The molecule has 0 heterocycles. The summed E-state index contributed by atoms with van der Waals surface area (Å²) in [5.41, 5.74) is 0.671. The molecule has 3 unspecified atom stereocenters. The Morgan fingerprint density at radius 1 is 1.43 bits per heavy atom. The molecule has 1 nitrogen and oxygen atoms in total. The normalized spacial score (nSPS) is 18.9. The molecular weight excluding hydrogens is 105 g/mol. The van der Waals surface area contributed by atoms with Gasteiger partial charge in [-0.3, -0.25) is 0 Å². The molecule has 0 aromatic carbocycles. The first-order chi connectivity index (χ1) is 3.18. The second-order valence-electron chi connectivity index (χ2n) is 1.94. The van der Waals surface area contributed by atoms with E-state index in [1.165, 1.54) is 0 Å². The first-order valence-electron chi connectivity index (χ1n) is 2.61. The molecule has 7 heavy (non-hydrogen) atoms. The molecule has 0 amide bonds.